The van der Waals surface area contributed by atoms with Crippen LogP contribution in [0.3, 0.4) is 0 Å². The first-order valence-corrected chi connectivity index (χ1v) is 6.65. The number of alkyl halides is 3. The smallest absolute Gasteiger partial charge is 0.394 e. The van der Waals surface area contributed by atoms with Crippen LogP contribution in [-0.2, 0) is 6.18 Å². The number of rotatable bonds is 4. The van der Waals surface area contributed by atoms with Crippen molar-refractivity contribution >= 4 is 5.91 Å². The van der Waals surface area contributed by atoms with Crippen molar-refractivity contribution < 1.29 is 27.5 Å². The van der Waals surface area contributed by atoms with Gasteiger partial charge in [-0.3, -0.25) is 4.79 Å². The molecule has 3 nitrogen and oxygen atoms in total. The molecule has 0 heterocycles. The molecule has 2 N–H and O–H groups in total. The molecule has 2 rings (SSSR count). The van der Waals surface area contributed by atoms with E-state index in [2.05, 4.69) is 5.32 Å². The van der Waals surface area contributed by atoms with Crippen molar-refractivity contribution in [2.24, 2.45) is 0 Å². The van der Waals surface area contributed by atoms with Crippen LogP contribution < -0.4 is 5.32 Å². The zero-order valence-corrected chi connectivity index (χ0v) is 11.8. The first kappa shape index (κ1) is 17.0. The highest BCUT2D eigenvalue weighted by molar-refractivity contribution is 5.94. The summed E-state index contributed by atoms with van der Waals surface area (Å²) in [5.41, 5.74) is -1.13. The second-order valence-corrected chi connectivity index (χ2v) is 4.85. The van der Waals surface area contributed by atoms with Gasteiger partial charge in [0.2, 0.25) is 0 Å². The van der Waals surface area contributed by atoms with E-state index in [1.165, 1.54) is 0 Å². The molecule has 0 aliphatic rings. The molecule has 2 aromatic rings. The topological polar surface area (TPSA) is 49.3 Å². The molecule has 2 aromatic carbocycles. The number of benzene rings is 2. The third-order valence-electron chi connectivity index (χ3n) is 3.18. The number of nitrogens with one attached hydrogen (secondary N) is 1. The van der Waals surface area contributed by atoms with E-state index in [0.717, 1.165) is 0 Å². The molecule has 0 saturated heterocycles. The highest BCUT2D eigenvalue weighted by Gasteiger charge is 2.32. The van der Waals surface area contributed by atoms with Crippen LogP contribution in [0.4, 0.5) is 17.6 Å². The van der Waals surface area contributed by atoms with E-state index < -0.39 is 41.7 Å². The number of hydrogen-bond acceptors (Lipinski definition) is 2. The van der Waals surface area contributed by atoms with Gasteiger partial charge in [-0.1, -0.05) is 30.3 Å². The number of amides is 1. The molecule has 0 saturated carbocycles. The molecule has 0 unspecified atom stereocenters. The van der Waals surface area contributed by atoms with Crippen molar-refractivity contribution in [3.8, 4) is 0 Å². The average molecular weight is 327 g/mol. The summed E-state index contributed by atoms with van der Waals surface area (Å²) in [6.07, 6.45) is -4.76. The molecule has 1 amide bonds. The SMILES string of the molecule is O=C(N[C@H](CO)c1ccccc1)c1cc(F)cc(C(F)(F)F)c1. The van der Waals surface area contributed by atoms with Crippen LogP contribution in [0.25, 0.3) is 0 Å². The van der Waals surface area contributed by atoms with E-state index in [9.17, 15) is 27.5 Å². The van der Waals surface area contributed by atoms with Gasteiger partial charge in [0, 0.05) is 5.56 Å². The highest BCUT2D eigenvalue weighted by Crippen LogP contribution is 2.30. The summed E-state index contributed by atoms with van der Waals surface area (Å²) in [4.78, 5) is 12.1. The number of aliphatic hydroxyl groups excluding tert-OH is 1. The van der Waals surface area contributed by atoms with Gasteiger partial charge in [0.25, 0.3) is 5.91 Å². The van der Waals surface area contributed by atoms with Gasteiger partial charge in [0.05, 0.1) is 18.2 Å². The van der Waals surface area contributed by atoms with Crippen LogP contribution in [0.5, 0.6) is 0 Å². The van der Waals surface area contributed by atoms with Gasteiger partial charge in [-0.15, -0.1) is 0 Å². The monoisotopic (exact) mass is 327 g/mol. The van der Waals surface area contributed by atoms with E-state index in [1.54, 1.807) is 30.3 Å². The zero-order valence-electron chi connectivity index (χ0n) is 11.8. The lowest BCUT2D eigenvalue weighted by atomic mass is 10.1. The summed E-state index contributed by atoms with van der Waals surface area (Å²) >= 11 is 0. The Kier molecular flexibility index (Phi) is 5.00. The summed E-state index contributed by atoms with van der Waals surface area (Å²) in [7, 11) is 0. The third kappa shape index (κ3) is 4.29. The summed E-state index contributed by atoms with van der Waals surface area (Å²) in [5.74, 6) is -2.07. The highest BCUT2D eigenvalue weighted by atomic mass is 19.4. The van der Waals surface area contributed by atoms with Crippen molar-refractivity contribution in [1.82, 2.24) is 5.32 Å². The second-order valence-electron chi connectivity index (χ2n) is 4.85. The number of hydrogen-bond donors (Lipinski definition) is 2. The fourth-order valence-electron chi connectivity index (χ4n) is 2.05. The van der Waals surface area contributed by atoms with E-state index in [-0.39, 0.29) is 0 Å². The molecule has 0 aromatic heterocycles. The minimum Gasteiger partial charge on any atom is -0.394 e. The van der Waals surface area contributed by atoms with Crippen molar-refractivity contribution in [2.75, 3.05) is 6.61 Å². The fourth-order valence-corrected chi connectivity index (χ4v) is 2.05. The molecular formula is C16H13F4NO2. The van der Waals surface area contributed by atoms with E-state index in [0.29, 0.717) is 23.8 Å². The Bertz CT molecular complexity index is 686. The Labute approximate surface area is 129 Å². The molecule has 7 heteroatoms. The summed E-state index contributed by atoms with van der Waals surface area (Å²) < 4.78 is 51.3. The Morgan fingerprint density at radius 2 is 1.78 bits per heavy atom. The summed E-state index contributed by atoms with van der Waals surface area (Å²) in [6.45, 7) is -0.447. The number of carbonyl (C=O) groups excluding carboxylic acids is 1. The number of halogens is 4. The maximum atomic E-state index is 13.3. The van der Waals surface area contributed by atoms with E-state index in [4.69, 9.17) is 0 Å². The quantitative estimate of drug-likeness (QED) is 0.847. The average Bonchev–Trinajstić information content (AvgIpc) is 2.51. The number of aliphatic hydroxyl groups is 1. The Balaban J connectivity index is 2.25. The lowest BCUT2D eigenvalue weighted by molar-refractivity contribution is -0.137. The van der Waals surface area contributed by atoms with Crippen molar-refractivity contribution in [2.45, 2.75) is 12.2 Å². The molecule has 0 aliphatic carbocycles. The maximum Gasteiger partial charge on any atom is 0.416 e. The minimum absolute atomic E-state index is 0.317. The normalized spacial score (nSPS) is 12.7. The molecular weight excluding hydrogens is 314 g/mol. The van der Waals surface area contributed by atoms with Crippen LogP contribution in [0.1, 0.15) is 27.5 Å². The van der Waals surface area contributed by atoms with Gasteiger partial charge < -0.3 is 10.4 Å². The first-order valence-electron chi connectivity index (χ1n) is 6.65. The van der Waals surface area contributed by atoms with Crippen molar-refractivity contribution in [3.63, 3.8) is 0 Å². The van der Waals surface area contributed by atoms with Crippen molar-refractivity contribution in [3.05, 3.63) is 71.0 Å². The Hall–Kier alpha value is -2.41. The van der Waals surface area contributed by atoms with Gasteiger partial charge in [-0.25, -0.2) is 4.39 Å². The fraction of sp³-hybridized carbons (Fsp3) is 0.188. The zero-order chi connectivity index (χ0) is 17.0. The summed E-state index contributed by atoms with van der Waals surface area (Å²) in [6, 6.07) is 9.20. The van der Waals surface area contributed by atoms with Crippen LogP contribution >= 0.6 is 0 Å². The molecule has 0 bridgehead atoms. The minimum atomic E-state index is -4.76. The van der Waals surface area contributed by atoms with Crippen molar-refractivity contribution in [1.29, 1.82) is 0 Å². The van der Waals surface area contributed by atoms with Gasteiger partial charge >= 0.3 is 6.18 Å². The lowest BCUT2D eigenvalue weighted by Gasteiger charge is -2.17. The predicted molar refractivity (Wildman–Crippen MR) is 75.1 cm³/mol. The van der Waals surface area contributed by atoms with E-state index >= 15 is 0 Å². The standard InChI is InChI=1S/C16H13F4NO2/c17-13-7-11(6-12(8-13)16(18,19)20)15(23)21-14(9-22)10-4-2-1-3-5-10/h1-8,14,22H,9H2,(H,21,23)/t14-/m1/s1. The van der Waals surface area contributed by atoms with Gasteiger partial charge in [0.15, 0.2) is 0 Å². The van der Waals surface area contributed by atoms with Gasteiger partial charge in [-0.2, -0.15) is 13.2 Å². The third-order valence-corrected chi connectivity index (χ3v) is 3.18. The molecule has 0 spiro atoms. The lowest BCUT2D eigenvalue weighted by Crippen LogP contribution is -2.31. The van der Waals surface area contributed by atoms with Gasteiger partial charge in [0.1, 0.15) is 5.82 Å². The van der Waals surface area contributed by atoms with Crippen LogP contribution in [0.2, 0.25) is 0 Å². The van der Waals surface area contributed by atoms with Gasteiger partial charge in [-0.05, 0) is 23.8 Å². The molecule has 0 radical (unpaired) electrons. The first-order chi connectivity index (χ1) is 10.8. The Morgan fingerprint density at radius 1 is 1.13 bits per heavy atom. The van der Waals surface area contributed by atoms with Crippen LogP contribution in [-0.4, -0.2) is 17.6 Å². The summed E-state index contributed by atoms with van der Waals surface area (Å²) in [5, 5.41) is 11.7. The molecule has 23 heavy (non-hydrogen) atoms. The largest absolute Gasteiger partial charge is 0.416 e. The second kappa shape index (κ2) is 6.78. The molecule has 122 valence electrons. The predicted octanol–water partition coefficient (Wildman–Crippen LogP) is 3.31. The maximum absolute atomic E-state index is 13.3. The molecule has 0 fully saturated rings. The van der Waals surface area contributed by atoms with Crippen LogP contribution in [0.15, 0.2) is 48.5 Å². The molecule has 0 aliphatic heterocycles. The van der Waals surface area contributed by atoms with E-state index in [1.807, 2.05) is 0 Å². The Morgan fingerprint density at radius 3 is 2.35 bits per heavy atom. The molecule has 1 atom stereocenters. The number of carbonyl (C=O) groups is 1. The van der Waals surface area contributed by atoms with Crippen LogP contribution in [0, 0.1) is 5.82 Å².